The van der Waals surface area contributed by atoms with Gasteiger partial charge in [0.05, 0.1) is 6.54 Å². The molecule has 0 aliphatic carbocycles. The van der Waals surface area contributed by atoms with Gasteiger partial charge in [-0.3, -0.25) is 4.68 Å². The molecule has 0 aliphatic rings. The Morgan fingerprint density at radius 2 is 2.28 bits per heavy atom. The Balaban J connectivity index is 2.01. The second-order valence-corrected chi connectivity index (χ2v) is 5.16. The minimum absolute atomic E-state index is 0.802. The Kier molecular flexibility index (Phi) is 4.96. The van der Waals surface area contributed by atoms with Crippen molar-refractivity contribution in [1.82, 2.24) is 15.1 Å². The lowest BCUT2D eigenvalue weighted by Crippen LogP contribution is -2.13. The molecule has 18 heavy (non-hydrogen) atoms. The van der Waals surface area contributed by atoms with Gasteiger partial charge in [-0.2, -0.15) is 5.10 Å². The molecule has 1 N–H and O–H groups in total. The van der Waals surface area contributed by atoms with E-state index < -0.39 is 0 Å². The van der Waals surface area contributed by atoms with Crippen LogP contribution in [0.1, 0.15) is 24.5 Å². The summed E-state index contributed by atoms with van der Waals surface area (Å²) in [6, 6.07) is 8.46. The molecule has 0 aliphatic heterocycles. The molecule has 1 aromatic heterocycles. The van der Waals surface area contributed by atoms with Crippen molar-refractivity contribution in [1.29, 1.82) is 0 Å². The quantitative estimate of drug-likeness (QED) is 0.831. The van der Waals surface area contributed by atoms with E-state index in [1.54, 1.807) is 6.20 Å². The first-order valence-corrected chi connectivity index (χ1v) is 7.04. The Bertz CT molecular complexity index is 480. The van der Waals surface area contributed by atoms with Crippen molar-refractivity contribution in [3.05, 3.63) is 52.3 Å². The number of benzene rings is 1. The predicted octanol–water partition coefficient (Wildman–Crippen LogP) is 3.19. The number of nitrogens with zero attached hydrogens (tertiary/aromatic N) is 2. The van der Waals surface area contributed by atoms with Crippen molar-refractivity contribution in [3.8, 4) is 0 Å². The van der Waals surface area contributed by atoms with Crippen molar-refractivity contribution >= 4 is 15.9 Å². The summed E-state index contributed by atoms with van der Waals surface area (Å²) in [7, 11) is 0. The Labute approximate surface area is 116 Å². The van der Waals surface area contributed by atoms with Crippen LogP contribution in [0.5, 0.6) is 0 Å². The second kappa shape index (κ2) is 6.71. The molecule has 0 spiro atoms. The van der Waals surface area contributed by atoms with E-state index in [0.717, 1.165) is 24.1 Å². The van der Waals surface area contributed by atoms with Crippen LogP contribution in [0.3, 0.4) is 0 Å². The summed E-state index contributed by atoms with van der Waals surface area (Å²) in [6.07, 6.45) is 4.94. The molecule has 0 unspecified atom stereocenters. The molecule has 0 atom stereocenters. The van der Waals surface area contributed by atoms with Crippen molar-refractivity contribution in [3.63, 3.8) is 0 Å². The molecule has 4 heteroatoms. The van der Waals surface area contributed by atoms with Crippen LogP contribution in [0.15, 0.2) is 41.1 Å². The molecule has 1 heterocycles. The fourth-order valence-corrected chi connectivity index (χ4v) is 2.36. The summed E-state index contributed by atoms with van der Waals surface area (Å²) < 4.78 is 3.07. The van der Waals surface area contributed by atoms with Gasteiger partial charge in [-0.15, -0.1) is 0 Å². The molecule has 0 fully saturated rings. The van der Waals surface area contributed by atoms with Gasteiger partial charge in [-0.25, -0.2) is 0 Å². The molecule has 0 saturated carbocycles. The third-order valence-corrected chi connectivity index (χ3v) is 3.50. The average molecular weight is 308 g/mol. The van der Waals surface area contributed by atoms with Crippen molar-refractivity contribution in [2.45, 2.75) is 26.4 Å². The van der Waals surface area contributed by atoms with Crippen LogP contribution in [0.2, 0.25) is 0 Å². The van der Waals surface area contributed by atoms with Gasteiger partial charge >= 0.3 is 0 Å². The van der Waals surface area contributed by atoms with Crippen molar-refractivity contribution in [2.24, 2.45) is 0 Å². The number of hydrogen-bond donors (Lipinski definition) is 1. The molecule has 0 bridgehead atoms. The lowest BCUT2D eigenvalue weighted by molar-refractivity contribution is 0.671. The molecule has 3 nitrogen and oxygen atoms in total. The zero-order valence-corrected chi connectivity index (χ0v) is 12.2. The molecule has 1 aromatic carbocycles. The summed E-state index contributed by atoms with van der Waals surface area (Å²) in [5, 5.41) is 7.62. The molecular weight excluding hydrogens is 290 g/mol. The van der Waals surface area contributed by atoms with Crippen molar-refractivity contribution < 1.29 is 0 Å². The number of aromatic nitrogens is 2. The summed E-state index contributed by atoms with van der Waals surface area (Å²) in [5.74, 6) is 0. The molecule has 0 saturated heterocycles. The highest BCUT2D eigenvalue weighted by Crippen LogP contribution is 2.19. The van der Waals surface area contributed by atoms with Crippen LogP contribution < -0.4 is 5.32 Å². The highest BCUT2D eigenvalue weighted by atomic mass is 79.9. The largest absolute Gasteiger partial charge is 0.313 e. The van der Waals surface area contributed by atoms with E-state index in [9.17, 15) is 0 Å². The molecule has 0 radical (unpaired) electrons. The minimum atomic E-state index is 0.802. The van der Waals surface area contributed by atoms with E-state index >= 15 is 0 Å². The van der Waals surface area contributed by atoms with Crippen LogP contribution in [0.4, 0.5) is 0 Å². The average Bonchev–Trinajstić information content (AvgIpc) is 2.86. The predicted molar refractivity (Wildman–Crippen MR) is 77.5 cm³/mol. The molecular formula is C14H18BrN3. The number of nitrogens with one attached hydrogen (secondary N) is 1. The Hall–Kier alpha value is -1.13. The van der Waals surface area contributed by atoms with Crippen LogP contribution >= 0.6 is 15.9 Å². The maximum absolute atomic E-state index is 4.22. The van der Waals surface area contributed by atoms with Gasteiger partial charge < -0.3 is 5.32 Å². The maximum Gasteiger partial charge on any atom is 0.0670 e. The van der Waals surface area contributed by atoms with E-state index in [2.05, 4.69) is 51.5 Å². The fraction of sp³-hybridized carbons (Fsp3) is 0.357. The number of hydrogen-bond acceptors (Lipinski definition) is 2. The molecule has 2 aromatic rings. The topological polar surface area (TPSA) is 29.9 Å². The lowest BCUT2D eigenvalue weighted by Gasteiger charge is -2.08. The fourth-order valence-electron chi connectivity index (χ4n) is 1.81. The van der Waals surface area contributed by atoms with E-state index in [1.165, 1.54) is 17.5 Å². The first kappa shape index (κ1) is 13.3. The third-order valence-electron chi connectivity index (χ3n) is 2.76. The van der Waals surface area contributed by atoms with Gasteiger partial charge in [0.25, 0.3) is 0 Å². The van der Waals surface area contributed by atoms with Crippen LogP contribution in [0.25, 0.3) is 0 Å². The van der Waals surface area contributed by atoms with E-state index in [0.29, 0.717) is 0 Å². The van der Waals surface area contributed by atoms with Crippen LogP contribution in [-0.4, -0.2) is 16.3 Å². The zero-order chi connectivity index (χ0) is 12.8. The second-order valence-electron chi connectivity index (χ2n) is 4.31. The van der Waals surface area contributed by atoms with Crippen LogP contribution in [0, 0.1) is 0 Å². The van der Waals surface area contributed by atoms with Crippen LogP contribution in [-0.2, 0) is 13.1 Å². The van der Waals surface area contributed by atoms with Gasteiger partial charge in [-0.1, -0.05) is 35.0 Å². The molecule has 96 valence electrons. The van der Waals surface area contributed by atoms with E-state index in [1.807, 2.05) is 16.9 Å². The van der Waals surface area contributed by atoms with Gasteiger partial charge in [0.1, 0.15) is 0 Å². The maximum atomic E-state index is 4.22. The summed E-state index contributed by atoms with van der Waals surface area (Å²) in [6.45, 7) is 4.97. The normalized spacial score (nSPS) is 10.8. The standard InChI is InChI=1S/C14H18BrN3/c1-2-6-16-10-12-4-5-13(14(15)9-12)11-18-8-3-7-17-18/h3-5,7-9,16H,2,6,10-11H2,1H3. The first-order valence-electron chi connectivity index (χ1n) is 6.25. The highest BCUT2D eigenvalue weighted by Gasteiger charge is 2.02. The molecule has 0 amide bonds. The Morgan fingerprint density at radius 1 is 1.39 bits per heavy atom. The van der Waals surface area contributed by atoms with E-state index in [4.69, 9.17) is 0 Å². The Morgan fingerprint density at radius 3 is 2.94 bits per heavy atom. The zero-order valence-electron chi connectivity index (χ0n) is 10.6. The van der Waals surface area contributed by atoms with E-state index in [-0.39, 0.29) is 0 Å². The van der Waals surface area contributed by atoms with Gasteiger partial charge in [0.15, 0.2) is 0 Å². The monoisotopic (exact) mass is 307 g/mol. The lowest BCUT2D eigenvalue weighted by atomic mass is 10.1. The third kappa shape index (κ3) is 3.68. The van der Waals surface area contributed by atoms with Crippen molar-refractivity contribution in [2.75, 3.05) is 6.54 Å². The first-order chi connectivity index (χ1) is 8.79. The smallest absolute Gasteiger partial charge is 0.0670 e. The van der Waals surface area contributed by atoms with Gasteiger partial charge in [-0.05, 0) is 36.2 Å². The molecule has 2 rings (SSSR count). The van der Waals surface area contributed by atoms with Gasteiger partial charge in [0, 0.05) is 23.4 Å². The minimum Gasteiger partial charge on any atom is -0.313 e. The number of halogens is 1. The summed E-state index contributed by atoms with van der Waals surface area (Å²) >= 11 is 3.63. The SMILES string of the molecule is CCCNCc1ccc(Cn2cccn2)c(Br)c1. The highest BCUT2D eigenvalue weighted by molar-refractivity contribution is 9.10. The number of rotatable bonds is 6. The summed E-state index contributed by atoms with van der Waals surface area (Å²) in [4.78, 5) is 0. The summed E-state index contributed by atoms with van der Waals surface area (Å²) in [5.41, 5.74) is 2.55. The van der Waals surface area contributed by atoms with Gasteiger partial charge in [0.2, 0.25) is 0 Å².